The fourth-order valence-corrected chi connectivity index (χ4v) is 3.79. The molecule has 0 bridgehead atoms. The van der Waals surface area contributed by atoms with Crippen molar-refractivity contribution in [3.63, 3.8) is 0 Å². The third kappa shape index (κ3) is 3.21. The summed E-state index contributed by atoms with van der Waals surface area (Å²) in [7, 11) is 0. The van der Waals surface area contributed by atoms with E-state index in [0.29, 0.717) is 0 Å². The van der Waals surface area contributed by atoms with Gasteiger partial charge < -0.3 is 10.1 Å². The first kappa shape index (κ1) is 14.4. The zero-order valence-electron chi connectivity index (χ0n) is 13.4. The third-order valence-corrected chi connectivity index (χ3v) is 4.20. The Morgan fingerprint density at radius 2 is 1.52 bits per heavy atom. The topological polar surface area (TPSA) is 21.3 Å². The smallest absolute Gasteiger partial charge is 0.127 e. The highest BCUT2D eigenvalue weighted by Gasteiger charge is 2.38. The number of fused-ring (bicyclic) bond motifs is 1. The second kappa shape index (κ2) is 5.03. The van der Waals surface area contributed by atoms with E-state index < -0.39 is 0 Å². The van der Waals surface area contributed by atoms with Gasteiger partial charge in [0.1, 0.15) is 11.9 Å². The lowest BCUT2D eigenvalue weighted by Gasteiger charge is -2.46. The Morgan fingerprint density at radius 1 is 0.905 bits per heavy atom. The summed E-state index contributed by atoms with van der Waals surface area (Å²) in [6.07, 6.45) is 2.31. The molecule has 0 unspecified atom stereocenters. The van der Waals surface area contributed by atoms with Crippen LogP contribution in [0.4, 0.5) is 0 Å². The number of benzene rings is 2. The molecule has 3 rings (SSSR count). The Kier molecular flexibility index (Phi) is 3.45. The molecule has 1 saturated heterocycles. The molecule has 0 radical (unpaired) electrons. The Labute approximate surface area is 127 Å². The Morgan fingerprint density at radius 3 is 2.24 bits per heavy atom. The average molecular weight is 283 g/mol. The maximum absolute atomic E-state index is 6.40. The van der Waals surface area contributed by atoms with Crippen molar-refractivity contribution in [1.82, 2.24) is 5.32 Å². The van der Waals surface area contributed by atoms with Gasteiger partial charge in [0.15, 0.2) is 0 Å². The lowest BCUT2D eigenvalue weighted by Crippen LogP contribution is -2.60. The van der Waals surface area contributed by atoms with Crippen LogP contribution in [0, 0.1) is 0 Å². The van der Waals surface area contributed by atoms with Crippen LogP contribution in [-0.2, 0) is 0 Å². The van der Waals surface area contributed by atoms with Crippen molar-refractivity contribution in [1.29, 1.82) is 0 Å². The second-order valence-corrected chi connectivity index (χ2v) is 7.52. The quantitative estimate of drug-likeness (QED) is 0.874. The molecule has 1 aliphatic heterocycles. The lowest BCUT2D eigenvalue weighted by molar-refractivity contribution is 0.0569. The minimum atomic E-state index is 0.108. The van der Waals surface area contributed by atoms with Gasteiger partial charge in [-0.2, -0.15) is 0 Å². The summed E-state index contributed by atoms with van der Waals surface area (Å²) in [5, 5.41) is 6.15. The first-order valence-electron chi connectivity index (χ1n) is 7.78. The van der Waals surface area contributed by atoms with Gasteiger partial charge in [-0.05, 0) is 39.1 Å². The van der Waals surface area contributed by atoms with Gasteiger partial charge in [-0.1, -0.05) is 36.4 Å². The Balaban J connectivity index is 1.88. The Hall–Kier alpha value is -1.54. The summed E-state index contributed by atoms with van der Waals surface area (Å²) in [4.78, 5) is 0. The fourth-order valence-electron chi connectivity index (χ4n) is 3.79. The van der Waals surface area contributed by atoms with E-state index in [0.717, 1.165) is 18.6 Å². The molecular formula is C19H25NO. The molecule has 2 heteroatoms. The predicted octanol–water partition coefficient (Wildman–Crippen LogP) is 4.53. The molecule has 0 atom stereocenters. The first-order valence-corrected chi connectivity index (χ1v) is 7.78. The van der Waals surface area contributed by atoms with Gasteiger partial charge in [0.25, 0.3) is 0 Å². The molecule has 1 fully saturated rings. The molecule has 2 aromatic rings. The standard InChI is InChI=1S/C19H25NO/c1-18(2)12-15(13-19(3,4)20-18)21-17-11-7-9-14-8-5-6-10-16(14)17/h5-11,15,20H,12-13H2,1-4H3. The van der Waals surface area contributed by atoms with Crippen LogP contribution < -0.4 is 10.1 Å². The molecule has 0 aromatic heterocycles. The van der Waals surface area contributed by atoms with E-state index in [1.165, 1.54) is 10.8 Å². The molecule has 2 nitrogen and oxygen atoms in total. The molecule has 0 saturated carbocycles. The van der Waals surface area contributed by atoms with Crippen LogP contribution in [0.3, 0.4) is 0 Å². The van der Waals surface area contributed by atoms with Gasteiger partial charge in [-0.3, -0.25) is 0 Å². The van der Waals surface area contributed by atoms with Gasteiger partial charge in [0.05, 0.1) is 0 Å². The molecule has 1 heterocycles. The van der Waals surface area contributed by atoms with E-state index in [9.17, 15) is 0 Å². The third-order valence-electron chi connectivity index (χ3n) is 4.20. The highest BCUT2D eigenvalue weighted by Crippen LogP contribution is 2.33. The van der Waals surface area contributed by atoms with E-state index in [1.807, 2.05) is 0 Å². The maximum atomic E-state index is 6.40. The largest absolute Gasteiger partial charge is 0.490 e. The van der Waals surface area contributed by atoms with Crippen molar-refractivity contribution in [3.8, 4) is 5.75 Å². The number of hydrogen-bond donors (Lipinski definition) is 1. The predicted molar refractivity (Wildman–Crippen MR) is 88.9 cm³/mol. The monoisotopic (exact) mass is 283 g/mol. The van der Waals surface area contributed by atoms with Gasteiger partial charge in [-0.15, -0.1) is 0 Å². The molecule has 1 aliphatic rings. The van der Waals surface area contributed by atoms with E-state index in [2.05, 4.69) is 75.5 Å². The fraction of sp³-hybridized carbons (Fsp3) is 0.474. The van der Waals surface area contributed by atoms with Gasteiger partial charge in [0.2, 0.25) is 0 Å². The molecule has 1 N–H and O–H groups in total. The average Bonchev–Trinajstić information content (AvgIpc) is 2.35. The second-order valence-electron chi connectivity index (χ2n) is 7.52. The number of piperidine rings is 1. The van der Waals surface area contributed by atoms with E-state index >= 15 is 0 Å². The minimum absolute atomic E-state index is 0.108. The van der Waals surface area contributed by atoms with E-state index in [-0.39, 0.29) is 17.2 Å². The normalized spacial score (nSPS) is 21.3. The maximum Gasteiger partial charge on any atom is 0.127 e. The van der Waals surface area contributed by atoms with Crippen molar-refractivity contribution in [2.45, 2.75) is 57.7 Å². The highest BCUT2D eigenvalue weighted by atomic mass is 16.5. The van der Waals surface area contributed by atoms with Crippen LogP contribution in [-0.4, -0.2) is 17.2 Å². The van der Waals surface area contributed by atoms with Crippen LogP contribution in [0.2, 0.25) is 0 Å². The number of ether oxygens (including phenoxy) is 1. The first-order chi connectivity index (χ1) is 9.85. The molecular weight excluding hydrogens is 258 g/mol. The van der Waals surface area contributed by atoms with Crippen LogP contribution in [0.15, 0.2) is 42.5 Å². The molecule has 0 aliphatic carbocycles. The van der Waals surface area contributed by atoms with Crippen molar-refractivity contribution in [3.05, 3.63) is 42.5 Å². The summed E-state index contributed by atoms with van der Waals surface area (Å²) in [5.41, 5.74) is 0.216. The van der Waals surface area contributed by atoms with Crippen LogP contribution in [0.1, 0.15) is 40.5 Å². The summed E-state index contributed by atoms with van der Waals surface area (Å²) < 4.78 is 6.40. The summed E-state index contributed by atoms with van der Waals surface area (Å²) in [5.74, 6) is 1.01. The SMILES string of the molecule is CC1(C)CC(Oc2cccc3ccccc23)CC(C)(C)N1. The van der Waals surface area contributed by atoms with Crippen molar-refractivity contribution in [2.24, 2.45) is 0 Å². The number of rotatable bonds is 2. The van der Waals surface area contributed by atoms with Crippen LogP contribution in [0.25, 0.3) is 10.8 Å². The van der Waals surface area contributed by atoms with E-state index in [1.54, 1.807) is 0 Å². The van der Waals surface area contributed by atoms with Gasteiger partial charge in [-0.25, -0.2) is 0 Å². The number of hydrogen-bond acceptors (Lipinski definition) is 2. The molecule has 0 spiro atoms. The zero-order chi connectivity index (χ0) is 15.1. The summed E-state index contributed by atoms with van der Waals surface area (Å²) in [6.45, 7) is 9.03. The van der Waals surface area contributed by atoms with Gasteiger partial charge in [0, 0.05) is 29.3 Å². The van der Waals surface area contributed by atoms with Crippen molar-refractivity contribution in [2.75, 3.05) is 0 Å². The lowest BCUT2D eigenvalue weighted by atomic mass is 9.81. The van der Waals surface area contributed by atoms with Crippen molar-refractivity contribution >= 4 is 10.8 Å². The summed E-state index contributed by atoms with van der Waals surface area (Å²) in [6, 6.07) is 14.7. The highest BCUT2D eigenvalue weighted by molar-refractivity contribution is 5.88. The minimum Gasteiger partial charge on any atom is -0.490 e. The molecule has 112 valence electrons. The van der Waals surface area contributed by atoms with E-state index in [4.69, 9.17) is 4.74 Å². The molecule has 2 aromatic carbocycles. The number of nitrogens with one attached hydrogen (secondary N) is 1. The zero-order valence-corrected chi connectivity index (χ0v) is 13.4. The van der Waals surface area contributed by atoms with Crippen LogP contribution >= 0.6 is 0 Å². The summed E-state index contributed by atoms with van der Waals surface area (Å²) >= 11 is 0. The molecule has 21 heavy (non-hydrogen) atoms. The van der Waals surface area contributed by atoms with Crippen LogP contribution in [0.5, 0.6) is 5.75 Å². The Bertz CT molecular complexity index is 624. The van der Waals surface area contributed by atoms with Gasteiger partial charge >= 0.3 is 0 Å². The van der Waals surface area contributed by atoms with Crippen molar-refractivity contribution < 1.29 is 4.74 Å². The molecule has 0 amide bonds.